The lowest BCUT2D eigenvalue weighted by molar-refractivity contribution is -0.173. The van der Waals surface area contributed by atoms with Gasteiger partial charge < -0.3 is 10.1 Å². The van der Waals surface area contributed by atoms with Crippen molar-refractivity contribution >= 4 is 5.91 Å². The molecule has 0 aromatic heterocycles. The quantitative estimate of drug-likeness (QED) is 0.515. The normalized spacial score (nSPS) is 10.6. The average Bonchev–Trinajstić information content (AvgIpc) is 2.02. The molecule has 1 radical (unpaired) electrons. The largest absolute Gasteiger partial charge is 0.471 e. The summed E-state index contributed by atoms with van der Waals surface area (Å²) in [5.41, 5.74) is 0. The van der Waals surface area contributed by atoms with E-state index in [0.29, 0.717) is 0 Å². The zero-order chi connectivity index (χ0) is 10.3. The van der Waals surface area contributed by atoms with E-state index in [1.54, 1.807) is 5.32 Å². The zero-order valence-electron chi connectivity index (χ0n) is 6.57. The molecule has 0 bridgehead atoms. The minimum Gasteiger partial charge on any atom is -0.367 e. The van der Waals surface area contributed by atoms with E-state index in [2.05, 4.69) is 4.74 Å². The number of hydrogen-bond donors (Lipinski definition) is 1. The first-order chi connectivity index (χ1) is 5.98. The second-order valence-corrected chi connectivity index (χ2v) is 1.98. The first kappa shape index (κ1) is 11.8. The Balaban J connectivity index is 3.45. The molecule has 1 amide bonds. The van der Waals surface area contributed by atoms with Gasteiger partial charge in [0.15, 0.2) is 0 Å². The minimum absolute atomic E-state index is 0.0757. The van der Waals surface area contributed by atoms with E-state index in [9.17, 15) is 18.0 Å². The van der Waals surface area contributed by atoms with Crippen molar-refractivity contribution < 1.29 is 22.7 Å². The molecule has 0 aliphatic carbocycles. The Kier molecular flexibility index (Phi) is 4.92. The third kappa shape index (κ3) is 5.99. The third-order valence-corrected chi connectivity index (χ3v) is 0.964. The highest BCUT2D eigenvalue weighted by atomic mass is 19.4. The van der Waals surface area contributed by atoms with Crippen LogP contribution in [0.1, 0.15) is 0 Å². The Hall–Kier alpha value is -1.22. The number of carbonyl (C=O) groups excluding carboxylic acids is 1. The molecule has 0 spiro atoms. The van der Waals surface area contributed by atoms with Crippen molar-refractivity contribution in [2.24, 2.45) is 0 Å². The molecule has 6 heteroatoms. The molecular weight excluding hydrogens is 187 g/mol. The molecule has 0 aliphatic heterocycles. The van der Waals surface area contributed by atoms with Gasteiger partial charge in [0.25, 0.3) is 0 Å². The molecule has 0 fully saturated rings. The van der Waals surface area contributed by atoms with Crippen LogP contribution in [0.3, 0.4) is 0 Å². The molecule has 0 aromatic rings. The van der Waals surface area contributed by atoms with E-state index in [-0.39, 0.29) is 19.8 Å². The van der Waals surface area contributed by atoms with Gasteiger partial charge in [-0.25, -0.2) is 0 Å². The third-order valence-electron chi connectivity index (χ3n) is 0.964. The second kappa shape index (κ2) is 5.43. The molecule has 0 rings (SSSR count). The molecule has 3 nitrogen and oxygen atoms in total. The van der Waals surface area contributed by atoms with Gasteiger partial charge in [0, 0.05) is 6.54 Å². The molecule has 1 N–H and O–H groups in total. The summed E-state index contributed by atoms with van der Waals surface area (Å²) in [5, 5.41) is 1.60. The van der Waals surface area contributed by atoms with Crippen LogP contribution in [0, 0.1) is 12.3 Å². The molecule has 0 aliphatic rings. The van der Waals surface area contributed by atoms with Gasteiger partial charge in [0.05, 0.1) is 6.61 Å². The summed E-state index contributed by atoms with van der Waals surface area (Å²) >= 11 is 0. The molecular formula is C7H7F3NO2. The van der Waals surface area contributed by atoms with Gasteiger partial charge in [-0.2, -0.15) is 13.2 Å². The number of amides is 1. The minimum atomic E-state index is -4.85. The van der Waals surface area contributed by atoms with Crippen LogP contribution in [0.15, 0.2) is 0 Å². The fourth-order valence-electron chi connectivity index (χ4n) is 0.460. The van der Waals surface area contributed by atoms with Crippen LogP contribution in [0.4, 0.5) is 13.2 Å². The average molecular weight is 194 g/mol. The van der Waals surface area contributed by atoms with Crippen LogP contribution < -0.4 is 5.32 Å². The van der Waals surface area contributed by atoms with Crippen LogP contribution in [0.5, 0.6) is 0 Å². The summed E-state index contributed by atoms with van der Waals surface area (Å²) < 4.78 is 39.2. The number of halogens is 3. The van der Waals surface area contributed by atoms with Gasteiger partial charge in [-0.15, -0.1) is 0 Å². The number of hydrogen-bond acceptors (Lipinski definition) is 2. The maximum atomic E-state index is 11.5. The van der Waals surface area contributed by atoms with E-state index in [0.717, 1.165) is 0 Å². The number of nitrogens with one attached hydrogen (secondary N) is 1. The number of carbonyl (C=O) groups is 1. The molecule has 0 saturated heterocycles. The summed E-state index contributed by atoms with van der Waals surface area (Å²) in [7, 11) is 0. The van der Waals surface area contributed by atoms with Crippen LogP contribution in [-0.4, -0.2) is 31.8 Å². The Morgan fingerprint density at radius 2 is 2.15 bits per heavy atom. The Labute approximate surface area is 73.2 Å². The lowest BCUT2D eigenvalue weighted by Gasteiger charge is -2.06. The monoisotopic (exact) mass is 194 g/mol. The number of alkyl halides is 3. The van der Waals surface area contributed by atoms with E-state index in [1.807, 2.05) is 5.92 Å². The molecule has 73 valence electrons. The zero-order valence-corrected chi connectivity index (χ0v) is 6.57. The van der Waals surface area contributed by atoms with Crippen molar-refractivity contribution in [1.29, 1.82) is 0 Å². The van der Waals surface area contributed by atoms with Gasteiger partial charge in [-0.1, -0.05) is 5.92 Å². The van der Waals surface area contributed by atoms with Gasteiger partial charge in [0.2, 0.25) is 0 Å². The van der Waals surface area contributed by atoms with E-state index in [1.165, 1.54) is 0 Å². The van der Waals surface area contributed by atoms with Gasteiger partial charge in [-0.05, 0) is 6.42 Å². The maximum Gasteiger partial charge on any atom is 0.471 e. The van der Waals surface area contributed by atoms with Crippen molar-refractivity contribution in [1.82, 2.24) is 5.32 Å². The standard InChI is InChI=1S/C7H7F3NO2/c1-2-4-13-5-3-11-6(12)7(8,9)10/h3-5H2,(H,11,12). The molecule has 13 heavy (non-hydrogen) atoms. The molecule has 0 atom stereocenters. The van der Waals surface area contributed by atoms with Crippen LogP contribution in [0.25, 0.3) is 0 Å². The predicted octanol–water partition coefficient (Wildman–Crippen LogP) is 0.271. The summed E-state index contributed by atoms with van der Waals surface area (Å²) in [6, 6.07) is 0. The lowest BCUT2D eigenvalue weighted by atomic mass is 10.5. The predicted molar refractivity (Wildman–Crippen MR) is 37.0 cm³/mol. The van der Waals surface area contributed by atoms with Gasteiger partial charge in [0.1, 0.15) is 6.61 Å². The van der Waals surface area contributed by atoms with Crippen molar-refractivity contribution in [3.05, 3.63) is 6.42 Å². The van der Waals surface area contributed by atoms with Crippen LogP contribution in [-0.2, 0) is 9.53 Å². The first-order valence-electron chi connectivity index (χ1n) is 3.31. The van der Waals surface area contributed by atoms with Crippen molar-refractivity contribution in [3.63, 3.8) is 0 Å². The van der Waals surface area contributed by atoms with E-state index in [4.69, 9.17) is 6.42 Å². The maximum absolute atomic E-state index is 11.5. The topological polar surface area (TPSA) is 38.3 Å². The van der Waals surface area contributed by atoms with Crippen molar-refractivity contribution in [2.45, 2.75) is 6.18 Å². The fraction of sp³-hybridized carbons (Fsp3) is 0.571. The molecule has 0 aromatic carbocycles. The van der Waals surface area contributed by atoms with Gasteiger partial charge >= 0.3 is 12.1 Å². The fourth-order valence-corrected chi connectivity index (χ4v) is 0.460. The number of rotatable bonds is 4. The summed E-state index contributed by atoms with van der Waals surface area (Å²) in [6.45, 7) is -0.407. The molecule has 0 saturated carbocycles. The van der Waals surface area contributed by atoms with Crippen molar-refractivity contribution in [2.75, 3.05) is 19.8 Å². The smallest absolute Gasteiger partial charge is 0.367 e. The van der Waals surface area contributed by atoms with Crippen LogP contribution in [0.2, 0.25) is 0 Å². The van der Waals surface area contributed by atoms with Crippen molar-refractivity contribution in [3.8, 4) is 5.92 Å². The Morgan fingerprint density at radius 1 is 1.54 bits per heavy atom. The highest BCUT2D eigenvalue weighted by molar-refractivity contribution is 5.81. The Morgan fingerprint density at radius 3 is 2.62 bits per heavy atom. The highest BCUT2D eigenvalue weighted by Gasteiger charge is 2.38. The first-order valence-corrected chi connectivity index (χ1v) is 3.31. The van der Waals surface area contributed by atoms with E-state index < -0.39 is 12.1 Å². The van der Waals surface area contributed by atoms with E-state index >= 15 is 0 Å². The summed E-state index contributed by atoms with van der Waals surface area (Å²) in [5.74, 6) is -0.112. The molecule has 0 unspecified atom stereocenters. The lowest BCUT2D eigenvalue weighted by Crippen LogP contribution is -2.38. The SMILES string of the molecule is [C]#CCOCCNC(=O)C(F)(F)F. The second-order valence-electron chi connectivity index (χ2n) is 1.98. The molecule has 0 heterocycles. The number of ether oxygens (including phenoxy) is 1. The highest BCUT2D eigenvalue weighted by Crippen LogP contribution is 2.13. The summed E-state index contributed by atoms with van der Waals surface area (Å²) in [6.07, 6.45) is 1.53. The van der Waals surface area contributed by atoms with Gasteiger partial charge in [-0.3, -0.25) is 4.79 Å². The summed E-state index contributed by atoms with van der Waals surface area (Å²) in [4.78, 5) is 10.2. The van der Waals surface area contributed by atoms with Crippen LogP contribution >= 0.6 is 0 Å². The Bertz CT molecular complexity index is 207.